The Labute approximate surface area is 191 Å². The minimum atomic E-state index is -0.879. The number of para-hydroxylation sites is 3. The van der Waals surface area contributed by atoms with Crippen molar-refractivity contribution >= 4 is 34.1 Å². The number of rotatable bonds is 3. The highest BCUT2D eigenvalue weighted by atomic mass is 16.7. The van der Waals surface area contributed by atoms with Crippen LogP contribution >= 0.6 is 0 Å². The predicted octanol–water partition coefficient (Wildman–Crippen LogP) is 4.84. The average Bonchev–Trinajstić information content (AvgIpc) is 3.44. The Kier molecular flexibility index (Phi) is 4.38. The number of benzene rings is 3. The summed E-state index contributed by atoms with van der Waals surface area (Å²) in [7, 11) is 0. The van der Waals surface area contributed by atoms with Gasteiger partial charge in [-0.15, -0.1) is 0 Å². The lowest BCUT2D eigenvalue weighted by Crippen LogP contribution is -2.37. The van der Waals surface area contributed by atoms with Crippen LogP contribution in [0.3, 0.4) is 0 Å². The van der Waals surface area contributed by atoms with E-state index in [0.29, 0.717) is 5.69 Å². The van der Waals surface area contributed by atoms with Crippen LogP contribution in [0.1, 0.15) is 22.9 Å². The lowest BCUT2D eigenvalue weighted by molar-refractivity contribution is -0.126. The van der Waals surface area contributed by atoms with Crippen molar-refractivity contribution in [1.82, 2.24) is 4.98 Å². The van der Waals surface area contributed by atoms with Crippen LogP contribution in [0.2, 0.25) is 0 Å². The zero-order valence-electron chi connectivity index (χ0n) is 18.4. The molecular weight excluding hydrogens is 414 g/mol. The third kappa shape index (κ3) is 2.84. The third-order valence-corrected chi connectivity index (χ3v) is 6.72. The summed E-state index contributed by atoms with van der Waals surface area (Å²) in [5.74, 6) is -1.21. The fourth-order valence-corrected chi connectivity index (χ4v) is 5.24. The van der Waals surface area contributed by atoms with Crippen molar-refractivity contribution in [2.24, 2.45) is 5.92 Å². The number of H-pyrrole nitrogens is 1. The summed E-state index contributed by atoms with van der Waals surface area (Å²) in [4.78, 5) is 38.4. The number of hydrogen-bond donors (Lipinski definition) is 1. The highest BCUT2D eigenvalue weighted by Gasteiger charge is 2.61. The first kappa shape index (κ1) is 19.8. The van der Waals surface area contributed by atoms with Crippen molar-refractivity contribution < 1.29 is 14.4 Å². The van der Waals surface area contributed by atoms with Crippen molar-refractivity contribution in [3.8, 4) is 0 Å². The van der Waals surface area contributed by atoms with E-state index in [4.69, 9.17) is 4.84 Å². The lowest BCUT2D eigenvalue weighted by Gasteiger charge is -2.29. The van der Waals surface area contributed by atoms with E-state index in [0.717, 1.165) is 33.4 Å². The second-order valence-electron chi connectivity index (χ2n) is 8.67. The number of nitrogens with zero attached hydrogens (tertiary/aromatic N) is 2. The van der Waals surface area contributed by atoms with Crippen LogP contribution in [0, 0.1) is 19.8 Å². The molecule has 6 heteroatoms. The topological polar surface area (TPSA) is 65.6 Å². The third-order valence-electron chi connectivity index (χ3n) is 6.72. The average molecular weight is 437 g/mol. The van der Waals surface area contributed by atoms with Crippen molar-refractivity contribution in [2.45, 2.75) is 26.0 Å². The van der Waals surface area contributed by atoms with E-state index in [-0.39, 0.29) is 11.8 Å². The predicted molar refractivity (Wildman–Crippen MR) is 127 cm³/mol. The van der Waals surface area contributed by atoms with Gasteiger partial charge in [-0.05, 0) is 43.7 Å². The molecule has 2 aliphatic rings. The summed E-state index contributed by atoms with van der Waals surface area (Å²) in [6.45, 7) is 3.91. The Balaban J connectivity index is 1.53. The molecule has 0 bridgehead atoms. The number of imide groups is 1. The first-order chi connectivity index (χ1) is 16.1. The van der Waals surface area contributed by atoms with Crippen LogP contribution < -0.4 is 9.96 Å². The molecule has 1 aromatic heterocycles. The maximum atomic E-state index is 13.9. The molecule has 164 valence electrons. The number of anilines is 2. The normalized spacial score (nSPS) is 22.4. The summed E-state index contributed by atoms with van der Waals surface area (Å²) < 4.78 is 0. The highest BCUT2D eigenvalue weighted by Crippen LogP contribution is 2.50. The van der Waals surface area contributed by atoms with Crippen LogP contribution in [0.15, 0.2) is 78.9 Å². The van der Waals surface area contributed by atoms with Gasteiger partial charge in [0.25, 0.3) is 5.91 Å². The maximum absolute atomic E-state index is 13.9. The van der Waals surface area contributed by atoms with Gasteiger partial charge in [0.05, 0.1) is 17.4 Å². The highest BCUT2D eigenvalue weighted by molar-refractivity contribution is 6.24. The molecule has 0 unspecified atom stereocenters. The number of amides is 2. The summed E-state index contributed by atoms with van der Waals surface area (Å²) in [6.07, 6.45) is -0.879. The van der Waals surface area contributed by atoms with Gasteiger partial charge in [0, 0.05) is 22.2 Å². The zero-order valence-corrected chi connectivity index (χ0v) is 18.4. The van der Waals surface area contributed by atoms with Crippen LogP contribution in [0.5, 0.6) is 0 Å². The molecule has 4 aromatic rings. The molecule has 1 N–H and O–H groups in total. The largest absolute Gasteiger partial charge is 0.358 e. The second-order valence-corrected chi connectivity index (χ2v) is 8.67. The molecule has 2 aliphatic heterocycles. The van der Waals surface area contributed by atoms with E-state index >= 15 is 0 Å². The van der Waals surface area contributed by atoms with Gasteiger partial charge in [-0.1, -0.05) is 54.6 Å². The molecule has 3 aromatic carbocycles. The summed E-state index contributed by atoms with van der Waals surface area (Å²) in [5.41, 5.74) is 5.24. The molecule has 2 amide bonds. The van der Waals surface area contributed by atoms with E-state index in [1.807, 2.05) is 92.7 Å². The number of carbonyl (C=O) groups excluding carboxylic acids is 2. The summed E-state index contributed by atoms with van der Waals surface area (Å²) >= 11 is 0. The van der Waals surface area contributed by atoms with E-state index < -0.39 is 18.1 Å². The Bertz CT molecular complexity index is 1390. The SMILES string of the molecule is Cc1ccccc1N1C(=O)[C@@H]2[C@@H](c3c(C)[nH]c4ccccc34)N(c3ccccc3)O[C@H]2C1=O. The standard InChI is InChI=1S/C27H23N3O3/c1-16-10-6-9-15-21(16)29-26(31)23-24(22-17(2)28-20-14-8-7-13-19(20)22)30(33-25(23)27(29)32)18-11-4-3-5-12-18/h3-15,23-25,28H,1-2H3/t23-,24-,25-/m1/s1. The number of aromatic nitrogens is 1. The minimum Gasteiger partial charge on any atom is -0.358 e. The van der Waals surface area contributed by atoms with Crippen LogP contribution in [0.4, 0.5) is 11.4 Å². The van der Waals surface area contributed by atoms with Crippen molar-refractivity contribution in [1.29, 1.82) is 0 Å². The first-order valence-electron chi connectivity index (χ1n) is 11.1. The molecular formula is C27H23N3O3. The van der Waals surface area contributed by atoms with Gasteiger partial charge in [0.2, 0.25) is 5.91 Å². The molecule has 2 fully saturated rings. The molecule has 0 spiro atoms. The second kappa shape index (κ2) is 7.32. The number of aromatic amines is 1. The van der Waals surface area contributed by atoms with Crippen molar-refractivity contribution in [2.75, 3.05) is 9.96 Å². The fraction of sp³-hybridized carbons (Fsp3) is 0.185. The number of fused-ring (bicyclic) bond motifs is 2. The Morgan fingerprint density at radius 3 is 2.30 bits per heavy atom. The Hall–Kier alpha value is -3.90. The van der Waals surface area contributed by atoms with Crippen LogP contribution in [0.25, 0.3) is 10.9 Å². The van der Waals surface area contributed by atoms with Gasteiger partial charge in [0.15, 0.2) is 6.10 Å². The van der Waals surface area contributed by atoms with Gasteiger partial charge in [-0.25, -0.2) is 9.96 Å². The van der Waals surface area contributed by atoms with Crippen LogP contribution in [-0.2, 0) is 14.4 Å². The first-order valence-corrected chi connectivity index (χ1v) is 11.1. The quantitative estimate of drug-likeness (QED) is 0.466. The molecule has 0 aliphatic carbocycles. The van der Waals surface area contributed by atoms with Crippen molar-refractivity contribution in [3.05, 3.63) is 95.7 Å². The number of carbonyl (C=O) groups is 2. The lowest BCUT2D eigenvalue weighted by atomic mass is 9.89. The summed E-state index contributed by atoms with van der Waals surface area (Å²) in [5, 5.41) is 2.78. The van der Waals surface area contributed by atoms with E-state index in [9.17, 15) is 9.59 Å². The molecule has 33 heavy (non-hydrogen) atoms. The minimum absolute atomic E-state index is 0.229. The number of nitrogens with one attached hydrogen (secondary N) is 1. The molecule has 2 saturated heterocycles. The smallest absolute Gasteiger partial charge is 0.266 e. The number of aryl methyl sites for hydroxylation is 2. The Morgan fingerprint density at radius 2 is 1.52 bits per heavy atom. The number of hydroxylamine groups is 1. The molecule has 6 rings (SSSR count). The van der Waals surface area contributed by atoms with Gasteiger partial charge in [0.1, 0.15) is 5.92 Å². The maximum Gasteiger partial charge on any atom is 0.266 e. The molecule has 3 atom stereocenters. The molecule has 0 saturated carbocycles. The molecule has 0 radical (unpaired) electrons. The summed E-state index contributed by atoms with van der Waals surface area (Å²) in [6, 6.07) is 24.7. The fourth-order valence-electron chi connectivity index (χ4n) is 5.24. The Morgan fingerprint density at radius 1 is 0.818 bits per heavy atom. The van der Waals surface area contributed by atoms with E-state index in [2.05, 4.69) is 4.98 Å². The van der Waals surface area contributed by atoms with Crippen LogP contribution in [-0.4, -0.2) is 22.9 Å². The zero-order chi connectivity index (χ0) is 22.7. The van der Waals surface area contributed by atoms with E-state index in [1.165, 1.54) is 4.90 Å². The van der Waals surface area contributed by atoms with Gasteiger partial charge in [-0.2, -0.15) is 0 Å². The number of hydrogen-bond acceptors (Lipinski definition) is 4. The molecule has 6 nitrogen and oxygen atoms in total. The molecule has 3 heterocycles. The van der Waals surface area contributed by atoms with Gasteiger partial charge < -0.3 is 4.98 Å². The van der Waals surface area contributed by atoms with Gasteiger partial charge in [-0.3, -0.25) is 14.4 Å². The van der Waals surface area contributed by atoms with Gasteiger partial charge >= 0.3 is 0 Å². The van der Waals surface area contributed by atoms with Crippen molar-refractivity contribution in [3.63, 3.8) is 0 Å². The monoisotopic (exact) mass is 437 g/mol. The van der Waals surface area contributed by atoms with E-state index in [1.54, 1.807) is 5.06 Å².